The Morgan fingerprint density at radius 1 is 0.882 bits per heavy atom. The van der Waals surface area contributed by atoms with Crippen LogP contribution in [0.2, 0.25) is 0 Å². The first kappa shape index (κ1) is 22.6. The summed E-state index contributed by atoms with van der Waals surface area (Å²) in [5.41, 5.74) is 3.06. The Morgan fingerprint density at radius 2 is 1.68 bits per heavy atom. The highest BCUT2D eigenvalue weighted by atomic mass is 16.3. The van der Waals surface area contributed by atoms with Gasteiger partial charge in [-0.2, -0.15) is 15.0 Å². The van der Waals surface area contributed by atoms with Crippen LogP contribution >= 0.6 is 0 Å². The molecule has 1 aromatic heterocycles. The van der Waals surface area contributed by atoms with Crippen molar-refractivity contribution in [2.75, 3.05) is 42.6 Å². The summed E-state index contributed by atoms with van der Waals surface area (Å²) >= 11 is 0. The lowest BCUT2D eigenvalue weighted by molar-refractivity contribution is 0.240. The number of aliphatic hydroxyl groups excluding tert-OH is 2. The Hall–Kier alpha value is -3.23. The molecule has 0 radical (unpaired) electrons. The zero-order valence-electron chi connectivity index (χ0n) is 19.2. The molecule has 0 unspecified atom stereocenters. The molecule has 0 saturated carbocycles. The Morgan fingerprint density at radius 3 is 2.44 bits per heavy atom. The van der Waals surface area contributed by atoms with E-state index in [1.165, 1.54) is 5.56 Å². The fraction of sp³-hybridized carbons (Fsp3) is 0.423. The van der Waals surface area contributed by atoms with Crippen LogP contribution in [0.3, 0.4) is 0 Å². The highest BCUT2D eigenvalue weighted by Gasteiger charge is 2.30. The van der Waals surface area contributed by atoms with Crippen molar-refractivity contribution in [3.05, 3.63) is 59.7 Å². The predicted octanol–water partition coefficient (Wildman–Crippen LogP) is 2.94. The molecule has 5 rings (SSSR count). The summed E-state index contributed by atoms with van der Waals surface area (Å²) in [6.45, 7) is 2.52. The number of piperidine rings is 1. The van der Waals surface area contributed by atoms with E-state index in [0.29, 0.717) is 30.2 Å². The largest absolute Gasteiger partial charge is 0.508 e. The molecule has 0 aliphatic carbocycles. The van der Waals surface area contributed by atoms with Gasteiger partial charge in [0.2, 0.25) is 11.9 Å². The van der Waals surface area contributed by atoms with Crippen molar-refractivity contribution in [2.45, 2.75) is 31.7 Å². The molecule has 3 aromatic rings. The summed E-state index contributed by atoms with van der Waals surface area (Å²) in [5, 5.41) is 29.6. The number of hydrogen-bond donors (Lipinski definition) is 3. The number of phenols is 1. The summed E-state index contributed by atoms with van der Waals surface area (Å²) < 4.78 is 0. The lowest BCUT2D eigenvalue weighted by Crippen LogP contribution is -2.40. The van der Waals surface area contributed by atoms with Crippen LogP contribution in [0, 0.1) is 5.92 Å². The van der Waals surface area contributed by atoms with Gasteiger partial charge in [0, 0.05) is 31.8 Å². The van der Waals surface area contributed by atoms with Crippen LogP contribution in [0.1, 0.15) is 36.4 Å². The van der Waals surface area contributed by atoms with Gasteiger partial charge in [-0.3, -0.25) is 0 Å². The van der Waals surface area contributed by atoms with E-state index >= 15 is 0 Å². The molecule has 0 bridgehead atoms. The molecule has 178 valence electrons. The Bertz CT molecular complexity index is 1130. The highest BCUT2D eigenvalue weighted by Crippen LogP contribution is 2.34. The third-order valence-corrected chi connectivity index (χ3v) is 6.99. The van der Waals surface area contributed by atoms with Crippen molar-refractivity contribution >= 4 is 11.9 Å². The zero-order valence-corrected chi connectivity index (χ0v) is 19.2. The topological polar surface area (TPSA) is 106 Å². The van der Waals surface area contributed by atoms with Gasteiger partial charge in [-0.25, -0.2) is 0 Å². The van der Waals surface area contributed by atoms with Crippen LogP contribution in [0.5, 0.6) is 5.75 Å². The van der Waals surface area contributed by atoms with Crippen molar-refractivity contribution in [2.24, 2.45) is 5.92 Å². The average molecular weight is 462 g/mol. The molecule has 2 aliphatic heterocycles. The average Bonchev–Trinajstić information content (AvgIpc) is 2.88. The van der Waals surface area contributed by atoms with E-state index in [1.807, 2.05) is 18.2 Å². The lowest BCUT2D eigenvalue weighted by Gasteiger charge is -2.37. The molecule has 8 nitrogen and oxygen atoms in total. The Balaban J connectivity index is 1.53. The molecule has 2 aromatic carbocycles. The Labute approximate surface area is 199 Å². The first-order valence-corrected chi connectivity index (χ1v) is 12.0. The monoisotopic (exact) mass is 461 g/mol. The first-order chi connectivity index (χ1) is 16.7. The summed E-state index contributed by atoms with van der Waals surface area (Å²) in [6, 6.07) is 14.9. The van der Waals surface area contributed by atoms with Crippen molar-refractivity contribution in [3.63, 3.8) is 0 Å². The number of phenolic OH excluding ortho intramolecular Hbond substituents is 1. The second-order valence-corrected chi connectivity index (χ2v) is 9.09. The lowest BCUT2D eigenvalue weighted by atomic mass is 9.93. The van der Waals surface area contributed by atoms with Gasteiger partial charge in [-0.05, 0) is 54.9 Å². The van der Waals surface area contributed by atoms with Gasteiger partial charge in [0.25, 0.3) is 0 Å². The van der Waals surface area contributed by atoms with Crippen molar-refractivity contribution in [1.82, 2.24) is 15.0 Å². The van der Waals surface area contributed by atoms with E-state index in [9.17, 15) is 15.3 Å². The van der Waals surface area contributed by atoms with Crippen LogP contribution in [0.15, 0.2) is 48.5 Å². The molecular formula is C26H31N5O3. The molecule has 3 N–H and O–H groups in total. The molecule has 1 atom stereocenters. The molecule has 34 heavy (non-hydrogen) atoms. The quantitative estimate of drug-likeness (QED) is 0.515. The molecule has 8 heteroatoms. The number of anilines is 2. The minimum atomic E-state index is -0.229. The fourth-order valence-corrected chi connectivity index (χ4v) is 5.09. The second-order valence-electron chi connectivity index (χ2n) is 9.09. The first-order valence-electron chi connectivity index (χ1n) is 12.0. The zero-order chi connectivity index (χ0) is 23.5. The number of fused-ring (bicyclic) bond motifs is 1. The highest BCUT2D eigenvalue weighted by molar-refractivity contribution is 5.61. The number of aliphatic hydroxyl groups is 2. The molecule has 1 saturated heterocycles. The van der Waals surface area contributed by atoms with Crippen LogP contribution in [0.25, 0.3) is 11.4 Å². The van der Waals surface area contributed by atoms with E-state index in [1.54, 1.807) is 18.2 Å². The molecule has 0 amide bonds. The number of benzene rings is 2. The summed E-state index contributed by atoms with van der Waals surface area (Å²) in [6.07, 6.45) is 3.65. The number of hydrogen-bond acceptors (Lipinski definition) is 8. The number of nitrogens with zero attached hydrogens (tertiary/aromatic N) is 5. The van der Waals surface area contributed by atoms with Crippen LogP contribution in [0.4, 0.5) is 11.9 Å². The summed E-state index contributed by atoms with van der Waals surface area (Å²) in [5.74, 6) is 2.33. The Kier molecular flexibility index (Phi) is 6.60. The second kappa shape index (κ2) is 9.95. The standard InChI is InChI=1S/C26H31N5O3/c32-15-11-18-8-12-30(13-9-18)25-27-24(20-5-3-6-21(34)16-20)28-26(29-25)31-14-10-19-4-1-2-7-22(19)23(31)17-33/h1-7,16,18,23,32-34H,8-15,17H2/t23-/m0/s1. The normalized spacial score (nSPS) is 18.7. The smallest absolute Gasteiger partial charge is 0.231 e. The molecule has 3 heterocycles. The van der Waals surface area contributed by atoms with E-state index in [4.69, 9.17) is 15.0 Å². The molecule has 0 spiro atoms. The summed E-state index contributed by atoms with van der Waals surface area (Å²) in [7, 11) is 0. The molecule has 1 fully saturated rings. The predicted molar refractivity (Wildman–Crippen MR) is 131 cm³/mol. The number of rotatable bonds is 6. The van der Waals surface area contributed by atoms with Crippen LogP contribution < -0.4 is 9.80 Å². The van der Waals surface area contributed by atoms with Crippen LogP contribution in [-0.4, -0.2) is 63.1 Å². The minimum Gasteiger partial charge on any atom is -0.508 e. The van der Waals surface area contributed by atoms with Crippen molar-refractivity contribution in [1.29, 1.82) is 0 Å². The van der Waals surface area contributed by atoms with Gasteiger partial charge in [0.15, 0.2) is 5.82 Å². The number of aromatic hydroxyl groups is 1. The maximum atomic E-state index is 10.3. The van der Waals surface area contributed by atoms with Crippen molar-refractivity contribution in [3.8, 4) is 17.1 Å². The van der Waals surface area contributed by atoms with Gasteiger partial charge in [0.05, 0.1) is 12.6 Å². The maximum absolute atomic E-state index is 10.3. The van der Waals surface area contributed by atoms with E-state index in [2.05, 4.69) is 21.9 Å². The third-order valence-electron chi connectivity index (χ3n) is 6.99. The third kappa shape index (κ3) is 4.56. The minimum absolute atomic E-state index is 0.0357. The summed E-state index contributed by atoms with van der Waals surface area (Å²) in [4.78, 5) is 18.7. The number of aromatic nitrogens is 3. The van der Waals surface area contributed by atoms with Crippen molar-refractivity contribution < 1.29 is 15.3 Å². The van der Waals surface area contributed by atoms with Gasteiger partial charge in [0.1, 0.15) is 5.75 Å². The molecule has 2 aliphatic rings. The van der Waals surface area contributed by atoms with Gasteiger partial charge < -0.3 is 25.1 Å². The van der Waals surface area contributed by atoms with Crippen LogP contribution in [-0.2, 0) is 6.42 Å². The van der Waals surface area contributed by atoms with Gasteiger partial charge >= 0.3 is 0 Å². The SMILES string of the molecule is OCCC1CCN(c2nc(-c3cccc(O)c3)nc(N3CCc4ccccc4[C@@H]3CO)n2)CC1. The van der Waals surface area contributed by atoms with E-state index in [0.717, 1.165) is 49.9 Å². The van der Waals surface area contributed by atoms with E-state index < -0.39 is 0 Å². The maximum Gasteiger partial charge on any atom is 0.231 e. The molecular weight excluding hydrogens is 430 g/mol. The fourth-order valence-electron chi connectivity index (χ4n) is 5.09. The van der Waals surface area contributed by atoms with Gasteiger partial charge in [-0.1, -0.05) is 36.4 Å². The van der Waals surface area contributed by atoms with Gasteiger partial charge in [-0.15, -0.1) is 0 Å². The van der Waals surface area contributed by atoms with E-state index in [-0.39, 0.29) is 25.0 Å².